The molecule has 0 amide bonds. The van der Waals surface area contributed by atoms with Crippen molar-refractivity contribution in [3.63, 3.8) is 0 Å². The molecule has 4 nitrogen and oxygen atoms in total. The molecule has 1 aromatic carbocycles. The summed E-state index contributed by atoms with van der Waals surface area (Å²) < 4.78 is 10.6. The number of methoxy groups -OCH3 is 1. The molecule has 16 heavy (non-hydrogen) atoms. The molecule has 0 saturated carbocycles. The molecule has 86 valence electrons. The molecule has 2 N–H and O–H groups in total. The van der Waals surface area contributed by atoms with Crippen LogP contribution >= 0.6 is 0 Å². The van der Waals surface area contributed by atoms with Gasteiger partial charge in [-0.1, -0.05) is 6.07 Å². The molecule has 0 aliphatic carbocycles. The highest BCUT2D eigenvalue weighted by atomic mass is 16.5. The van der Waals surface area contributed by atoms with Crippen molar-refractivity contribution in [3.8, 4) is 5.75 Å². The highest BCUT2D eigenvalue weighted by Gasteiger charge is 2.13. The number of benzene rings is 1. The number of aliphatic hydroxyl groups excluding tert-OH is 2. The Morgan fingerprint density at radius 2 is 2.06 bits per heavy atom. The molecule has 2 aromatic rings. The van der Waals surface area contributed by atoms with Crippen LogP contribution in [0.25, 0.3) is 11.0 Å². The second-order valence-corrected chi connectivity index (χ2v) is 3.52. The predicted octanol–water partition coefficient (Wildman–Crippen LogP) is 1.47. The SMILES string of the molecule is COc1ccc(CO)c2c(CCO)coc12. The van der Waals surface area contributed by atoms with Crippen molar-refractivity contribution >= 4 is 11.0 Å². The molecule has 4 heteroatoms. The first-order valence-corrected chi connectivity index (χ1v) is 5.09. The summed E-state index contributed by atoms with van der Waals surface area (Å²) in [6.07, 6.45) is 2.11. The van der Waals surface area contributed by atoms with Crippen molar-refractivity contribution in [1.82, 2.24) is 0 Å². The quantitative estimate of drug-likeness (QED) is 0.822. The summed E-state index contributed by atoms with van der Waals surface area (Å²) >= 11 is 0. The van der Waals surface area contributed by atoms with Crippen LogP contribution in [-0.4, -0.2) is 23.9 Å². The molecule has 2 rings (SSSR count). The number of fused-ring (bicyclic) bond motifs is 1. The molecule has 0 bridgehead atoms. The largest absolute Gasteiger partial charge is 0.493 e. The number of rotatable bonds is 4. The number of furan rings is 1. The van der Waals surface area contributed by atoms with E-state index in [0.29, 0.717) is 17.8 Å². The van der Waals surface area contributed by atoms with Gasteiger partial charge >= 0.3 is 0 Å². The first kappa shape index (κ1) is 11.0. The Kier molecular flexibility index (Phi) is 3.12. The van der Waals surface area contributed by atoms with Gasteiger partial charge in [0.1, 0.15) is 0 Å². The van der Waals surface area contributed by atoms with Crippen LogP contribution in [0.3, 0.4) is 0 Å². The van der Waals surface area contributed by atoms with Crippen molar-refractivity contribution in [2.75, 3.05) is 13.7 Å². The topological polar surface area (TPSA) is 62.8 Å². The van der Waals surface area contributed by atoms with Crippen molar-refractivity contribution in [2.45, 2.75) is 13.0 Å². The third kappa shape index (κ3) is 1.66. The first-order chi connectivity index (χ1) is 7.81. The maximum atomic E-state index is 9.27. The van der Waals surface area contributed by atoms with Gasteiger partial charge in [-0.05, 0) is 18.1 Å². The van der Waals surface area contributed by atoms with Crippen molar-refractivity contribution in [3.05, 3.63) is 29.5 Å². The van der Waals surface area contributed by atoms with Gasteiger partial charge in [-0.2, -0.15) is 0 Å². The third-order valence-electron chi connectivity index (χ3n) is 2.62. The van der Waals surface area contributed by atoms with Crippen molar-refractivity contribution in [1.29, 1.82) is 0 Å². The van der Waals surface area contributed by atoms with Gasteiger partial charge in [0.2, 0.25) is 0 Å². The fourth-order valence-electron chi connectivity index (χ4n) is 1.86. The van der Waals surface area contributed by atoms with Crippen LogP contribution < -0.4 is 4.74 Å². The lowest BCUT2D eigenvalue weighted by Crippen LogP contribution is -1.93. The van der Waals surface area contributed by atoms with E-state index in [1.165, 1.54) is 0 Å². The molecular formula is C12H14O4. The van der Waals surface area contributed by atoms with Crippen LogP contribution in [0.2, 0.25) is 0 Å². The summed E-state index contributed by atoms with van der Waals surface area (Å²) in [7, 11) is 1.57. The zero-order valence-electron chi connectivity index (χ0n) is 9.06. The summed E-state index contributed by atoms with van der Waals surface area (Å²) in [5.41, 5.74) is 2.30. The smallest absolute Gasteiger partial charge is 0.176 e. The van der Waals surface area contributed by atoms with E-state index in [1.54, 1.807) is 25.5 Å². The maximum Gasteiger partial charge on any atom is 0.176 e. The summed E-state index contributed by atoms with van der Waals surface area (Å²) in [6, 6.07) is 3.57. The highest BCUT2D eigenvalue weighted by molar-refractivity contribution is 5.89. The molecule has 0 fully saturated rings. The van der Waals surface area contributed by atoms with E-state index >= 15 is 0 Å². The van der Waals surface area contributed by atoms with E-state index in [0.717, 1.165) is 16.5 Å². The van der Waals surface area contributed by atoms with Gasteiger partial charge in [-0.3, -0.25) is 0 Å². The van der Waals surface area contributed by atoms with Crippen molar-refractivity contribution < 1.29 is 19.4 Å². The van der Waals surface area contributed by atoms with Crippen LogP contribution in [0.5, 0.6) is 5.75 Å². The van der Waals surface area contributed by atoms with Gasteiger partial charge in [-0.15, -0.1) is 0 Å². The van der Waals surface area contributed by atoms with E-state index in [4.69, 9.17) is 14.3 Å². The summed E-state index contributed by atoms with van der Waals surface area (Å²) in [5, 5.41) is 19.1. The second kappa shape index (κ2) is 4.55. The molecule has 1 aromatic heterocycles. The van der Waals surface area contributed by atoms with E-state index < -0.39 is 0 Å². The molecule has 0 aliphatic rings. The second-order valence-electron chi connectivity index (χ2n) is 3.52. The zero-order chi connectivity index (χ0) is 11.5. The minimum absolute atomic E-state index is 0.0523. The van der Waals surface area contributed by atoms with Gasteiger partial charge in [0.05, 0.1) is 20.0 Å². The maximum absolute atomic E-state index is 9.27. The molecule has 0 aliphatic heterocycles. The molecule has 0 atom stereocenters. The Balaban J connectivity index is 2.67. The predicted molar refractivity (Wildman–Crippen MR) is 59.5 cm³/mol. The Morgan fingerprint density at radius 3 is 2.69 bits per heavy atom. The minimum Gasteiger partial charge on any atom is -0.493 e. The molecule has 1 heterocycles. The highest BCUT2D eigenvalue weighted by Crippen LogP contribution is 2.32. The Morgan fingerprint density at radius 1 is 1.25 bits per heavy atom. The average molecular weight is 222 g/mol. The summed E-state index contributed by atoms with van der Waals surface area (Å²) in [4.78, 5) is 0. The lowest BCUT2D eigenvalue weighted by molar-refractivity contribution is 0.283. The standard InChI is InChI=1S/C12H14O4/c1-15-10-3-2-8(6-14)11-9(4-5-13)7-16-12(10)11/h2-3,7,13-14H,4-6H2,1H3. The molecule has 0 saturated heterocycles. The van der Waals surface area contributed by atoms with E-state index in [-0.39, 0.29) is 13.2 Å². The van der Waals surface area contributed by atoms with E-state index in [1.807, 2.05) is 0 Å². The fourth-order valence-corrected chi connectivity index (χ4v) is 1.86. The molecular weight excluding hydrogens is 208 g/mol. The fraction of sp³-hybridized carbons (Fsp3) is 0.333. The Labute approximate surface area is 93.1 Å². The molecule has 0 radical (unpaired) electrons. The van der Waals surface area contributed by atoms with Crippen LogP contribution in [-0.2, 0) is 13.0 Å². The lowest BCUT2D eigenvalue weighted by atomic mass is 10.0. The number of hydrogen-bond donors (Lipinski definition) is 2. The lowest BCUT2D eigenvalue weighted by Gasteiger charge is -2.05. The number of hydrogen-bond acceptors (Lipinski definition) is 4. The van der Waals surface area contributed by atoms with Gasteiger partial charge in [0.25, 0.3) is 0 Å². The first-order valence-electron chi connectivity index (χ1n) is 5.09. The van der Waals surface area contributed by atoms with E-state index in [2.05, 4.69) is 0 Å². The van der Waals surface area contributed by atoms with Gasteiger partial charge in [0, 0.05) is 17.6 Å². The van der Waals surface area contributed by atoms with Crippen LogP contribution in [0.15, 0.2) is 22.8 Å². The monoisotopic (exact) mass is 222 g/mol. The minimum atomic E-state index is -0.0571. The van der Waals surface area contributed by atoms with E-state index in [9.17, 15) is 5.11 Å². The summed E-state index contributed by atoms with van der Waals surface area (Å²) in [6.45, 7) is -0.00479. The van der Waals surface area contributed by atoms with Crippen LogP contribution in [0, 0.1) is 0 Å². The van der Waals surface area contributed by atoms with Crippen molar-refractivity contribution in [2.24, 2.45) is 0 Å². The normalized spacial score (nSPS) is 10.9. The Hall–Kier alpha value is -1.52. The zero-order valence-corrected chi connectivity index (χ0v) is 9.06. The van der Waals surface area contributed by atoms with Crippen LogP contribution in [0.4, 0.5) is 0 Å². The van der Waals surface area contributed by atoms with Gasteiger partial charge in [0.15, 0.2) is 11.3 Å². The molecule has 0 spiro atoms. The average Bonchev–Trinajstić information content (AvgIpc) is 2.73. The van der Waals surface area contributed by atoms with Gasteiger partial charge < -0.3 is 19.4 Å². The number of ether oxygens (including phenoxy) is 1. The summed E-state index contributed by atoms with van der Waals surface area (Å²) in [5.74, 6) is 0.636. The number of aliphatic hydroxyl groups is 2. The molecule has 0 unspecified atom stereocenters. The van der Waals surface area contributed by atoms with Gasteiger partial charge in [-0.25, -0.2) is 0 Å². The van der Waals surface area contributed by atoms with Crippen LogP contribution in [0.1, 0.15) is 11.1 Å². The third-order valence-corrected chi connectivity index (χ3v) is 2.62. The Bertz CT molecular complexity index is 487.